The van der Waals surface area contributed by atoms with Crippen molar-refractivity contribution in [3.63, 3.8) is 0 Å². The first-order valence-corrected chi connectivity index (χ1v) is 7.31. The van der Waals surface area contributed by atoms with Crippen molar-refractivity contribution in [2.24, 2.45) is 0 Å². The summed E-state index contributed by atoms with van der Waals surface area (Å²) in [6.45, 7) is 1.58. The third kappa shape index (κ3) is 4.79. The number of Topliss-reactive ketones (excluding diaryl/α,β-unsaturated/α-hetero) is 1. The second-order valence-electron chi connectivity index (χ2n) is 4.91. The van der Waals surface area contributed by atoms with Gasteiger partial charge >= 0.3 is 5.97 Å². The summed E-state index contributed by atoms with van der Waals surface area (Å²) in [4.78, 5) is 27.4. The molecule has 2 rings (SSSR count). The second-order valence-corrected chi connectivity index (χ2v) is 5.30. The average molecular weight is 334 g/mol. The Kier molecular flexibility index (Phi) is 5.71. The van der Waals surface area contributed by atoms with Crippen LogP contribution in [-0.2, 0) is 22.6 Å². The van der Waals surface area contributed by atoms with E-state index in [2.05, 4.69) is 4.98 Å². The number of methoxy groups -OCH3 is 1. The number of benzene rings is 1. The van der Waals surface area contributed by atoms with Crippen LogP contribution in [-0.4, -0.2) is 23.8 Å². The predicted octanol–water partition coefficient (Wildman–Crippen LogP) is 3.23. The molecule has 0 fully saturated rings. The van der Waals surface area contributed by atoms with E-state index in [0.29, 0.717) is 22.0 Å². The van der Waals surface area contributed by atoms with Crippen LogP contribution in [0.5, 0.6) is 5.75 Å². The molecule has 0 saturated heterocycles. The molecule has 0 atom stereocenters. The maximum atomic E-state index is 12.0. The summed E-state index contributed by atoms with van der Waals surface area (Å²) in [7, 11) is 1.51. The van der Waals surface area contributed by atoms with Gasteiger partial charge in [0.05, 0.1) is 13.5 Å². The van der Waals surface area contributed by atoms with Gasteiger partial charge in [0, 0.05) is 22.9 Å². The van der Waals surface area contributed by atoms with Crippen molar-refractivity contribution >= 4 is 23.4 Å². The SMILES string of the molecule is COc1ccc(C(C)=O)cc1CC(=O)OCc1ccc(Cl)nc1. The lowest BCUT2D eigenvalue weighted by Gasteiger charge is -2.10. The van der Waals surface area contributed by atoms with Crippen LogP contribution in [0.3, 0.4) is 0 Å². The van der Waals surface area contributed by atoms with E-state index in [1.54, 1.807) is 36.5 Å². The Hall–Kier alpha value is -2.40. The van der Waals surface area contributed by atoms with E-state index in [4.69, 9.17) is 21.1 Å². The molecule has 5 nitrogen and oxygen atoms in total. The van der Waals surface area contributed by atoms with Crippen LogP contribution >= 0.6 is 11.6 Å². The van der Waals surface area contributed by atoms with Crippen molar-refractivity contribution in [1.82, 2.24) is 4.98 Å². The normalized spacial score (nSPS) is 10.2. The van der Waals surface area contributed by atoms with E-state index in [9.17, 15) is 9.59 Å². The van der Waals surface area contributed by atoms with Gasteiger partial charge in [-0.2, -0.15) is 0 Å². The number of rotatable bonds is 6. The topological polar surface area (TPSA) is 65.5 Å². The summed E-state index contributed by atoms with van der Waals surface area (Å²) in [6, 6.07) is 8.34. The molecular formula is C17H16ClNO4. The monoisotopic (exact) mass is 333 g/mol. The number of hydrogen-bond donors (Lipinski definition) is 0. The molecule has 0 bridgehead atoms. The molecule has 0 unspecified atom stereocenters. The molecule has 1 aromatic carbocycles. The smallest absolute Gasteiger partial charge is 0.310 e. The number of nitrogens with zero attached hydrogens (tertiary/aromatic N) is 1. The molecule has 0 amide bonds. The number of halogens is 1. The summed E-state index contributed by atoms with van der Waals surface area (Å²) in [5.74, 6) is 0.0496. The van der Waals surface area contributed by atoms with Gasteiger partial charge in [-0.1, -0.05) is 17.7 Å². The van der Waals surface area contributed by atoms with Crippen LogP contribution in [0.25, 0.3) is 0 Å². The van der Waals surface area contributed by atoms with Crippen LogP contribution in [0.15, 0.2) is 36.5 Å². The molecule has 0 N–H and O–H groups in total. The van der Waals surface area contributed by atoms with Gasteiger partial charge in [-0.15, -0.1) is 0 Å². The Balaban J connectivity index is 2.02. The second kappa shape index (κ2) is 7.74. The lowest BCUT2D eigenvalue weighted by molar-refractivity contribution is -0.144. The molecule has 6 heteroatoms. The molecular weight excluding hydrogens is 318 g/mol. The first-order chi connectivity index (χ1) is 11.0. The van der Waals surface area contributed by atoms with E-state index >= 15 is 0 Å². The third-order valence-electron chi connectivity index (χ3n) is 3.21. The quantitative estimate of drug-likeness (QED) is 0.461. The zero-order valence-corrected chi connectivity index (χ0v) is 13.6. The van der Waals surface area contributed by atoms with Gasteiger partial charge in [-0.05, 0) is 31.2 Å². The number of aromatic nitrogens is 1. The number of carbonyl (C=O) groups excluding carboxylic acids is 2. The Labute approximate surface area is 139 Å². The summed E-state index contributed by atoms with van der Waals surface area (Å²) in [6.07, 6.45) is 1.57. The van der Waals surface area contributed by atoms with Crippen molar-refractivity contribution < 1.29 is 19.1 Å². The minimum Gasteiger partial charge on any atom is -0.496 e. The minimum absolute atomic E-state index is 0.0192. The fourth-order valence-corrected chi connectivity index (χ4v) is 2.11. The van der Waals surface area contributed by atoms with Crippen molar-refractivity contribution in [3.05, 3.63) is 58.4 Å². The fourth-order valence-electron chi connectivity index (χ4n) is 2.00. The zero-order chi connectivity index (χ0) is 16.8. The van der Waals surface area contributed by atoms with Gasteiger partial charge in [-0.3, -0.25) is 9.59 Å². The van der Waals surface area contributed by atoms with Crippen LogP contribution in [0.2, 0.25) is 5.15 Å². The van der Waals surface area contributed by atoms with Crippen molar-refractivity contribution in [2.75, 3.05) is 7.11 Å². The van der Waals surface area contributed by atoms with Gasteiger partial charge in [-0.25, -0.2) is 4.98 Å². The molecule has 0 spiro atoms. The Bertz CT molecular complexity index is 713. The summed E-state index contributed by atoms with van der Waals surface area (Å²) < 4.78 is 10.4. The number of ketones is 1. The van der Waals surface area contributed by atoms with Crippen molar-refractivity contribution in [1.29, 1.82) is 0 Å². The first-order valence-electron chi connectivity index (χ1n) is 6.93. The molecule has 0 aliphatic carbocycles. The highest BCUT2D eigenvalue weighted by molar-refractivity contribution is 6.29. The Morgan fingerprint density at radius 2 is 2.00 bits per heavy atom. The van der Waals surface area contributed by atoms with E-state index in [1.165, 1.54) is 14.0 Å². The fraction of sp³-hybridized carbons (Fsp3) is 0.235. The van der Waals surface area contributed by atoms with Gasteiger partial charge in [0.1, 0.15) is 17.5 Å². The molecule has 120 valence electrons. The standard InChI is InChI=1S/C17H16ClNO4/c1-11(20)13-4-5-15(22-2)14(7-13)8-17(21)23-10-12-3-6-16(18)19-9-12/h3-7,9H,8,10H2,1-2H3. The highest BCUT2D eigenvalue weighted by atomic mass is 35.5. The molecule has 1 heterocycles. The average Bonchev–Trinajstić information content (AvgIpc) is 2.54. The number of ether oxygens (including phenoxy) is 2. The van der Waals surface area contributed by atoms with E-state index < -0.39 is 5.97 Å². The Morgan fingerprint density at radius 1 is 1.22 bits per heavy atom. The van der Waals surface area contributed by atoms with Crippen LogP contribution in [0.1, 0.15) is 28.4 Å². The maximum Gasteiger partial charge on any atom is 0.310 e. The lowest BCUT2D eigenvalue weighted by Crippen LogP contribution is -2.10. The summed E-state index contributed by atoms with van der Waals surface area (Å²) >= 11 is 5.70. The molecule has 2 aromatic rings. The largest absolute Gasteiger partial charge is 0.496 e. The third-order valence-corrected chi connectivity index (χ3v) is 3.43. The number of pyridine rings is 1. The van der Waals surface area contributed by atoms with E-state index in [0.717, 1.165) is 5.56 Å². The van der Waals surface area contributed by atoms with Crippen LogP contribution < -0.4 is 4.74 Å². The zero-order valence-electron chi connectivity index (χ0n) is 12.8. The van der Waals surface area contributed by atoms with E-state index in [-0.39, 0.29) is 18.8 Å². The first kappa shape index (κ1) is 17.0. The number of esters is 1. The van der Waals surface area contributed by atoms with Crippen LogP contribution in [0.4, 0.5) is 0 Å². The summed E-state index contributed by atoms with van der Waals surface area (Å²) in [5, 5.41) is 0.380. The van der Waals surface area contributed by atoms with Gasteiger partial charge < -0.3 is 9.47 Å². The number of carbonyl (C=O) groups is 2. The predicted molar refractivity (Wildman–Crippen MR) is 85.7 cm³/mol. The molecule has 1 aromatic heterocycles. The maximum absolute atomic E-state index is 12.0. The van der Waals surface area contributed by atoms with Gasteiger partial charge in [0.25, 0.3) is 0 Å². The molecule has 0 saturated carbocycles. The molecule has 0 aliphatic rings. The number of hydrogen-bond acceptors (Lipinski definition) is 5. The van der Waals surface area contributed by atoms with Gasteiger partial charge in [0.15, 0.2) is 5.78 Å². The van der Waals surface area contributed by atoms with Crippen molar-refractivity contribution in [3.8, 4) is 5.75 Å². The summed E-state index contributed by atoms with van der Waals surface area (Å²) in [5.41, 5.74) is 1.88. The molecule has 0 radical (unpaired) electrons. The van der Waals surface area contributed by atoms with Crippen LogP contribution in [0, 0.1) is 0 Å². The van der Waals surface area contributed by atoms with E-state index in [1.807, 2.05) is 0 Å². The van der Waals surface area contributed by atoms with Crippen molar-refractivity contribution in [2.45, 2.75) is 20.0 Å². The Morgan fingerprint density at radius 3 is 2.61 bits per heavy atom. The highest BCUT2D eigenvalue weighted by Crippen LogP contribution is 2.21. The highest BCUT2D eigenvalue weighted by Gasteiger charge is 2.12. The molecule has 23 heavy (non-hydrogen) atoms. The van der Waals surface area contributed by atoms with Gasteiger partial charge in [0.2, 0.25) is 0 Å². The molecule has 0 aliphatic heterocycles. The lowest BCUT2D eigenvalue weighted by atomic mass is 10.0. The minimum atomic E-state index is -0.418.